The number of halogens is 1. The largest absolute Gasteiger partial charge is 0.117 e. The summed E-state index contributed by atoms with van der Waals surface area (Å²) in [6.45, 7) is 9.26. The lowest BCUT2D eigenvalue weighted by Crippen LogP contribution is -1.99. The molecule has 0 aliphatic heterocycles. The molecule has 1 aromatic carbocycles. The van der Waals surface area contributed by atoms with Gasteiger partial charge in [-0.2, -0.15) is 0 Å². The normalized spacial score (nSPS) is 24.9. The van der Waals surface area contributed by atoms with Gasteiger partial charge in [0.25, 0.3) is 0 Å². The van der Waals surface area contributed by atoms with Crippen LogP contribution >= 0.6 is 11.6 Å². The Balaban J connectivity index is 2.22. The summed E-state index contributed by atoms with van der Waals surface area (Å²) in [6.07, 6.45) is 0. The number of alkyl halides is 1. The molecule has 1 atom stereocenters. The van der Waals surface area contributed by atoms with Gasteiger partial charge in [-0.05, 0) is 22.3 Å². The molecule has 0 amide bonds. The minimum absolute atomic E-state index is 0.149. The first-order chi connectivity index (χ1) is 6.89. The van der Waals surface area contributed by atoms with E-state index >= 15 is 0 Å². The third kappa shape index (κ3) is 1.50. The van der Waals surface area contributed by atoms with Crippen LogP contribution in [0.1, 0.15) is 38.6 Å². The van der Waals surface area contributed by atoms with E-state index in [9.17, 15) is 0 Å². The van der Waals surface area contributed by atoms with Gasteiger partial charge in [0, 0.05) is 0 Å². The molecule has 15 heavy (non-hydrogen) atoms. The highest BCUT2D eigenvalue weighted by Crippen LogP contribution is 2.73. The molecule has 0 radical (unpaired) electrons. The molecule has 1 saturated carbocycles. The van der Waals surface area contributed by atoms with E-state index in [0.29, 0.717) is 16.7 Å². The van der Waals surface area contributed by atoms with Gasteiger partial charge in [0.2, 0.25) is 0 Å². The molecule has 1 aromatic rings. The van der Waals surface area contributed by atoms with Crippen molar-refractivity contribution in [3.05, 3.63) is 35.9 Å². The predicted molar refractivity (Wildman–Crippen MR) is 66.1 cm³/mol. The topological polar surface area (TPSA) is 0 Å². The first kappa shape index (κ1) is 11.0. The van der Waals surface area contributed by atoms with Crippen LogP contribution in [0.5, 0.6) is 0 Å². The van der Waals surface area contributed by atoms with Gasteiger partial charge < -0.3 is 0 Å². The van der Waals surface area contributed by atoms with Crippen molar-refractivity contribution >= 4 is 11.6 Å². The third-order valence-electron chi connectivity index (χ3n) is 4.54. The minimum atomic E-state index is 0.149. The summed E-state index contributed by atoms with van der Waals surface area (Å²) in [5.41, 5.74) is 1.97. The standard InChI is InChI=1S/C14H19Cl/c1-13(2)12(14(13,3)4)11(15)10-8-6-5-7-9-10/h5-9,11-12H,1-4H3. The minimum Gasteiger partial charge on any atom is -0.117 e. The maximum absolute atomic E-state index is 6.57. The van der Waals surface area contributed by atoms with Crippen LogP contribution in [0.25, 0.3) is 0 Å². The van der Waals surface area contributed by atoms with Crippen LogP contribution in [0.2, 0.25) is 0 Å². The van der Waals surface area contributed by atoms with Crippen molar-refractivity contribution in [2.24, 2.45) is 16.7 Å². The van der Waals surface area contributed by atoms with Crippen molar-refractivity contribution in [3.8, 4) is 0 Å². The van der Waals surface area contributed by atoms with E-state index in [1.165, 1.54) is 5.56 Å². The number of benzene rings is 1. The van der Waals surface area contributed by atoms with Crippen molar-refractivity contribution < 1.29 is 0 Å². The molecule has 1 unspecified atom stereocenters. The lowest BCUT2D eigenvalue weighted by molar-refractivity contribution is 0.457. The molecular formula is C14H19Cl. The fraction of sp³-hybridized carbons (Fsp3) is 0.571. The van der Waals surface area contributed by atoms with Crippen LogP contribution in [0.3, 0.4) is 0 Å². The molecule has 2 rings (SSSR count). The number of hydrogen-bond acceptors (Lipinski definition) is 0. The van der Waals surface area contributed by atoms with E-state index in [1.54, 1.807) is 0 Å². The maximum atomic E-state index is 6.57. The van der Waals surface area contributed by atoms with Crippen LogP contribution in [0.15, 0.2) is 30.3 Å². The fourth-order valence-corrected chi connectivity index (χ4v) is 3.58. The third-order valence-corrected chi connectivity index (χ3v) is 5.05. The van der Waals surface area contributed by atoms with Gasteiger partial charge in [0.15, 0.2) is 0 Å². The summed E-state index contributed by atoms with van der Waals surface area (Å²) >= 11 is 6.57. The van der Waals surface area contributed by atoms with Gasteiger partial charge in [-0.15, -0.1) is 11.6 Å². The molecule has 0 bridgehead atoms. The Bertz CT molecular complexity index is 337. The average molecular weight is 223 g/mol. The van der Waals surface area contributed by atoms with E-state index in [0.717, 1.165) is 0 Å². The zero-order chi connectivity index (χ0) is 11.3. The first-order valence-corrected chi connectivity index (χ1v) is 6.01. The summed E-state index contributed by atoms with van der Waals surface area (Å²) in [7, 11) is 0. The van der Waals surface area contributed by atoms with Gasteiger partial charge in [-0.25, -0.2) is 0 Å². The number of rotatable bonds is 2. The van der Waals surface area contributed by atoms with Gasteiger partial charge in [-0.3, -0.25) is 0 Å². The summed E-state index contributed by atoms with van der Waals surface area (Å²) in [5.74, 6) is 0.578. The Morgan fingerprint density at radius 1 is 1.00 bits per heavy atom. The highest BCUT2D eigenvalue weighted by Gasteiger charge is 2.67. The Morgan fingerprint density at radius 3 is 1.87 bits per heavy atom. The van der Waals surface area contributed by atoms with Gasteiger partial charge in [0.05, 0.1) is 5.38 Å². The van der Waals surface area contributed by atoms with Crippen LogP contribution in [0, 0.1) is 16.7 Å². The highest BCUT2D eigenvalue weighted by molar-refractivity contribution is 6.21. The predicted octanol–water partition coefficient (Wildman–Crippen LogP) is 4.65. The average Bonchev–Trinajstić information content (AvgIpc) is 2.58. The van der Waals surface area contributed by atoms with Gasteiger partial charge >= 0.3 is 0 Å². The van der Waals surface area contributed by atoms with Crippen molar-refractivity contribution in [3.63, 3.8) is 0 Å². The molecule has 0 N–H and O–H groups in total. The van der Waals surface area contributed by atoms with Crippen molar-refractivity contribution in [1.29, 1.82) is 0 Å². The SMILES string of the molecule is CC1(C)C(C(Cl)c2ccccc2)C1(C)C. The maximum Gasteiger partial charge on any atom is 0.0624 e. The monoisotopic (exact) mass is 222 g/mol. The number of hydrogen-bond donors (Lipinski definition) is 0. The van der Waals surface area contributed by atoms with Crippen molar-refractivity contribution in [1.82, 2.24) is 0 Å². The highest BCUT2D eigenvalue weighted by atomic mass is 35.5. The van der Waals surface area contributed by atoms with Crippen molar-refractivity contribution in [2.45, 2.75) is 33.1 Å². The Hall–Kier alpha value is -0.490. The molecule has 0 nitrogen and oxygen atoms in total. The molecule has 1 heteroatoms. The zero-order valence-electron chi connectivity index (χ0n) is 9.92. The van der Waals surface area contributed by atoms with Crippen LogP contribution in [-0.2, 0) is 0 Å². The lowest BCUT2D eigenvalue weighted by atomic mass is 10.0. The molecule has 1 aliphatic rings. The zero-order valence-corrected chi connectivity index (χ0v) is 10.7. The quantitative estimate of drug-likeness (QED) is 0.639. The first-order valence-electron chi connectivity index (χ1n) is 5.58. The summed E-state index contributed by atoms with van der Waals surface area (Å²) in [4.78, 5) is 0. The molecule has 82 valence electrons. The molecule has 0 saturated heterocycles. The van der Waals surface area contributed by atoms with Crippen LogP contribution in [-0.4, -0.2) is 0 Å². The molecule has 0 aromatic heterocycles. The Kier molecular flexibility index (Phi) is 2.38. The van der Waals surface area contributed by atoms with E-state index in [4.69, 9.17) is 11.6 Å². The Morgan fingerprint density at radius 2 is 1.47 bits per heavy atom. The molecule has 0 spiro atoms. The van der Waals surface area contributed by atoms with E-state index < -0.39 is 0 Å². The van der Waals surface area contributed by atoms with Gasteiger partial charge in [-0.1, -0.05) is 58.0 Å². The van der Waals surface area contributed by atoms with E-state index in [2.05, 4.69) is 52.0 Å². The second kappa shape index (κ2) is 3.25. The molecule has 0 heterocycles. The van der Waals surface area contributed by atoms with Crippen LogP contribution < -0.4 is 0 Å². The van der Waals surface area contributed by atoms with Gasteiger partial charge in [0.1, 0.15) is 0 Å². The lowest BCUT2D eigenvalue weighted by Gasteiger charge is -2.11. The summed E-state index contributed by atoms with van der Waals surface area (Å²) < 4.78 is 0. The Labute approximate surface area is 97.6 Å². The van der Waals surface area contributed by atoms with E-state index in [-0.39, 0.29) is 5.38 Å². The fourth-order valence-electron chi connectivity index (χ4n) is 2.81. The van der Waals surface area contributed by atoms with E-state index in [1.807, 2.05) is 6.07 Å². The molecular weight excluding hydrogens is 204 g/mol. The molecule has 1 aliphatic carbocycles. The van der Waals surface area contributed by atoms with Crippen LogP contribution in [0.4, 0.5) is 0 Å². The molecule has 1 fully saturated rings. The second-order valence-electron chi connectivity index (χ2n) is 5.73. The smallest absolute Gasteiger partial charge is 0.0624 e. The summed E-state index contributed by atoms with van der Waals surface area (Å²) in [6, 6.07) is 10.4. The summed E-state index contributed by atoms with van der Waals surface area (Å²) in [5, 5.41) is 0.149. The second-order valence-corrected chi connectivity index (χ2v) is 6.20. The van der Waals surface area contributed by atoms with Crippen molar-refractivity contribution in [2.75, 3.05) is 0 Å².